The maximum absolute atomic E-state index is 13.8. The van der Waals surface area contributed by atoms with E-state index in [9.17, 15) is 28.6 Å². The lowest BCUT2D eigenvalue weighted by atomic mass is 9.62. The van der Waals surface area contributed by atoms with Gasteiger partial charge in [-0.15, -0.1) is 0 Å². The zero-order valence-electron chi connectivity index (χ0n) is 15.3. The van der Waals surface area contributed by atoms with Crippen molar-refractivity contribution in [1.82, 2.24) is 4.90 Å². The number of hydrogen-bond acceptors (Lipinski definition) is 2. The SMILES string of the molecule is CC(C)(C)C(C(c1cc(F)cc(F)c1)N(C(=O)O)C(=O)O)C(C)(C)C. The second-order valence-corrected chi connectivity index (χ2v) is 8.29. The Morgan fingerprint density at radius 1 is 0.880 bits per heavy atom. The summed E-state index contributed by atoms with van der Waals surface area (Å²) in [5.74, 6) is -2.33. The number of amides is 2. The van der Waals surface area contributed by atoms with Gasteiger partial charge in [0.25, 0.3) is 0 Å². The Labute approximate surface area is 146 Å². The van der Waals surface area contributed by atoms with Gasteiger partial charge in [0.1, 0.15) is 11.6 Å². The third-order valence-electron chi connectivity index (χ3n) is 4.10. The van der Waals surface area contributed by atoms with E-state index in [1.807, 2.05) is 41.5 Å². The van der Waals surface area contributed by atoms with E-state index in [0.717, 1.165) is 12.1 Å². The molecule has 2 N–H and O–H groups in total. The highest BCUT2D eigenvalue weighted by molar-refractivity contribution is 5.86. The van der Waals surface area contributed by atoms with Crippen LogP contribution in [0.15, 0.2) is 18.2 Å². The molecule has 1 aromatic rings. The topological polar surface area (TPSA) is 77.8 Å². The van der Waals surface area contributed by atoms with Crippen molar-refractivity contribution in [3.8, 4) is 0 Å². The Morgan fingerprint density at radius 3 is 1.52 bits per heavy atom. The first-order chi connectivity index (χ1) is 11.2. The van der Waals surface area contributed by atoms with E-state index in [2.05, 4.69) is 0 Å². The molecule has 140 valence electrons. The fraction of sp³-hybridized carbons (Fsp3) is 0.556. The normalized spacial score (nSPS) is 13.6. The molecule has 0 heterocycles. The minimum Gasteiger partial charge on any atom is -0.465 e. The van der Waals surface area contributed by atoms with Gasteiger partial charge in [-0.25, -0.2) is 23.3 Å². The van der Waals surface area contributed by atoms with Crippen molar-refractivity contribution in [1.29, 1.82) is 0 Å². The number of imide groups is 1. The molecule has 0 spiro atoms. The highest BCUT2D eigenvalue weighted by Crippen LogP contribution is 2.50. The van der Waals surface area contributed by atoms with Crippen molar-refractivity contribution in [3.05, 3.63) is 35.4 Å². The molecule has 7 heteroatoms. The summed E-state index contributed by atoms with van der Waals surface area (Å²) in [6.07, 6.45) is -3.39. The van der Waals surface area contributed by atoms with Gasteiger partial charge in [-0.2, -0.15) is 0 Å². The van der Waals surface area contributed by atoms with E-state index in [-0.39, 0.29) is 10.5 Å². The minimum atomic E-state index is -1.69. The molecule has 0 saturated carbocycles. The van der Waals surface area contributed by atoms with Gasteiger partial charge in [-0.1, -0.05) is 41.5 Å². The molecule has 0 aliphatic rings. The predicted molar refractivity (Wildman–Crippen MR) is 89.4 cm³/mol. The average Bonchev–Trinajstić information content (AvgIpc) is 2.32. The van der Waals surface area contributed by atoms with Gasteiger partial charge >= 0.3 is 12.2 Å². The molecule has 1 rings (SSSR count). The first-order valence-electron chi connectivity index (χ1n) is 7.87. The summed E-state index contributed by atoms with van der Waals surface area (Å²) in [7, 11) is 0. The maximum Gasteiger partial charge on any atom is 0.417 e. The third-order valence-corrected chi connectivity index (χ3v) is 4.10. The van der Waals surface area contributed by atoms with E-state index in [4.69, 9.17) is 0 Å². The molecule has 0 bridgehead atoms. The monoisotopic (exact) mass is 357 g/mol. The van der Waals surface area contributed by atoms with E-state index in [1.54, 1.807) is 0 Å². The second-order valence-electron chi connectivity index (χ2n) is 8.29. The zero-order chi connectivity index (χ0) is 19.7. The largest absolute Gasteiger partial charge is 0.465 e. The van der Waals surface area contributed by atoms with E-state index in [1.165, 1.54) is 0 Å². The van der Waals surface area contributed by atoms with Crippen LogP contribution in [0, 0.1) is 28.4 Å². The van der Waals surface area contributed by atoms with Gasteiger partial charge in [0.15, 0.2) is 0 Å². The van der Waals surface area contributed by atoms with Crippen LogP contribution in [-0.4, -0.2) is 27.3 Å². The number of rotatable bonds is 3. The molecule has 0 radical (unpaired) electrons. The number of benzene rings is 1. The van der Waals surface area contributed by atoms with Gasteiger partial charge in [-0.05, 0) is 34.4 Å². The second kappa shape index (κ2) is 6.98. The Hall–Kier alpha value is -2.18. The maximum atomic E-state index is 13.8. The number of nitrogens with zero attached hydrogens (tertiary/aromatic N) is 1. The standard InChI is InChI=1S/C18H25F2NO4/c1-17(2,3)14(18(4,5)6)13(21(15(22)23)16(24)25)10-7-11(19)9-12(20)8-10/h7-9,13-14H,1-6H3,(H,22,23)(H,24,25). The Balaban J connectivity index is 3.77. The summed E-state index contributed by atoms with van der Waals surface area (Å²) in [6, 6.07) is 1.37. The smallest absolute Gasteiger partial charge is 0.417 e. The van der Waals surface area contributed by atoms with Crippen LogP contribution in [0.1, 0.15) is 53.1 Å². The summed E-state index contributed by atoms with van der Waals surface area (Å²) in [6.45, 7) is 11.0. The predicted octanol–water partition coefficient (Wildman–Crippen LogP) is 5.37. The van der Waals surface area contributed by atoms with Crippen LogP contribution in [0.2, 0.25) is 0 Å². The van der Waals surface area contributed by atoms with Crippen molar-refractivity contribution < 1.29 is 28.6 Å². The lowest BCUT2D eigenvalue weighted by Crippen LogP contribution is -2.48. The Morgan fingerprint density at radius 2 is 1.24 bits per heavy atom. The fourth-order valence-corrected chi connectivity index (χ4v) is 3.80. The van der Waals surface area contributed by atoms with Crippen LogP contribution in [0.5, 0.6) is 0 Å². The zero-order valence-corrected chi connectivity index (χ0v) is 15.3. The molecule has 25 heavy (non-hydrogen) atoms. The fourth-order valence-electron chi connectivity index (χ4n) is 3.80. The Kier molecular flexibility index (Phi) is 5.82. The molecule has 0 aromatic heterocycles. The average molecular weight is 357 g/mol. The summed E-state index contributed by atoms with van der Waals surface area (Å²) in [5, 5.41) is 18.9. The van der Waals surface area contributed by atoms with Crippen LogP contribution >= 0.6 is 0 Å². The first kappa shape index (κ1) is 20.9. The molecular weight excluding hydrogens is 332 g/mol. The Bertz CT molecular complexity index is 614. The molecule has 1 unspecified atom stereocenters. The number of hydrogen-bond donors (Lipinski definition) is 2. The molecule has 0 aliphatic heterocycles. The van der Waals surface area contributed by atoms with Crippen molar-refractivity contribution in [2.75, 3.05) is 0 Å². The van der Waals surface area contributed by atoms with Crippen molar-refractivity contribution in [2.45, 2.75) is 47.6 Å². The molecule has 1 atom stereocenters. The summed E-state index contributed by atoms with van der Waals surface area (Å²) < 4.78 is 27.5. The van der Waals surface area contributed by atoms with E-state index in [0.29, 0.717) is 6.07 Å². The summed E-state index contributed by atoms with van der Waals surface area (Å²) in [5.41, 5.74) is -1.12. The quantitative estimate of drug-likeness (QED) is 0.762. The highest BCUT2D eigenvalue weighted by atomic mass is 19.1. The highest BCUT2D eigenvalue weighted by Gasteiger charge is 2.47. The van der Waals surface area contributed by atoms with Crippen LogP contribution < -0.4 is 0 Å². The lowest BCUT2D eigenvalue weighted by molar-refractivity contribution is 0.0103. The molecule has 0 aliphatic carbocycles. The lowest BCUT2D eigenvalue weighted by Gasteiger charge is -2.47. The van der Waals surface area contributed by atoms with Crippen molar-refractivity contribution >= 4 is 12.2 Å². The molecular formula is C18H25F2NO4. The minimum absolute atomic E-state index is 0.0304. The summed E-state index contributed by atoms with van der Waals surface area (Å²) in [4.78, 5) is 23.5. The van der Waals surface area contributed by atoms with Gasteiger partial charge < -0.3 is 10.2 Å². The van der Waals surface area contributed by atoms with E-state index >= 15 is 0 Å². The molecule has 5 nitrogen and oxygen atoms in total. The molecule has 0 fully saturated rings. The van der Waals surface area contributed by atoms with Gasteiger partial charge in [0, 0.05) is 6.07 Å². The van der Waals surface area contributed by atoms with Crippen LogP contribution in [0.4, 0.5) is 18.4 Å². The molecule has 1 aromatic carbocycles. The summed E-state index contributed by atoms with van der Waals surface area (Å²) >= 11 is 0. The van der Waals surface area contributed by atoms with Gasteiger partial charge in [0.05, 0.1) is 6.04 Å². The van der Waals surface area contributed by atoms with Crippen molar-refractivity contribution in [3.63, 3.8) is 0 Å². The van der Waals surface area contributed by atoms with Crippen molar-refractivity contribution in [2.24, 2.45) is 16.7 Å². The van der Waals surface area contributed by atoms with Crippen LogP contribution in [0.3, 0.4) is 0 Å². The van der Waals surface area contributed by atoms with Crippen LogP contribution in [0.25, 0.3) is 0 Å². The van der Waals surface area contributed by atoms with Gasteiger partial charge in [0.2, 0.25) is 0 Å². The number of halogens is 2. The molecule has 2 amide bonds. The number of carbonyl (C=O) groups is 2. The number of carboxylic acid groups (broad SMARTS) is 2. The third kappa shape index (κ3) is 4.90. The molecule has 0 saturated heterocycles. The van der Waals surface area contributed by atoms with Crippen LogP contribution in [-0.2, 0) is 0 Å². The first-order valence-corrected chi connectivity index (χ1v) is 7.87. The van der Waals surface area contributed by atoms with Gasteiger partial charge in [-0.3, -0.25) is 0 Å². The van der Waals surface area contributed by atoms with E-state index < -0.39 is 46.6 Å².